The fraction of sp³-hybridized carbons (Fsp3) is 0.545. The maximum Gasteiger partial charge on any atom is 0.140 e. The predicted octanol–water partition coefficient (Wildman–Crippen LogP) is 0.324. The Bertz CT molecular complexity index is 367. The highest BCUT2D eigenvalue weighted by atomic mass is 16.3. The number of β-amino-alcohol motifs (C(OH)–C–C–N with tert-alkyl or cyclic N) is 1. The number of nitrogen functional groups attached to an aromatic ring is 1. The average Bonchev–Trinajstić information content (AvgIpc) is 2.58. The molecule has 1 aromatic rings. The van der Waals surface area contributed by atoms with Crippen molar-refractivity contribution in [1.29, 1.82) is 0 Å². The molecule has 88 valence electrons. The van der Waals surface area contributed by atoms with E-state index in [1.807, 2.05) is 25.1 Å². The maximum atomic E-state index is 9.85. The third-order valence-corrected chi connectivity index (χ3v) is 2.87. The lowest BCUT2D eigenvalue weighted by Crippen LogP contribution is -2.29. The molecule has 0 aromatic carbocycles. The van der Waals surface area contributed by atoms with Crippen LogP contribution in [0.25, 0.3) is 0 Å². The molecule has 0 aliphatic carbocycles. The lowest BCUT2D eigenvalue weighted by Gasteiger charge is -2.18. The van der Waals surface area contributed by atoms with E-state index >= 15 is 0 Å². The minimum atomic E-state index is -0.552. The third-order valence-electron chi connectivity index (χ3n) is 2.87. The number of aromatic nitrogens is 1. The summed E-state index contributed by atoms with van der Waals surface area (Å²) < 4.78 is 0. The van der Waals surface area contributed by atoms with Crippen LogP contribution in [0.2, 0.25) is 0 Å². The number of hydrazine groups is 1. The number of anilines is 1. The van der Waals surface area contributed by atoms with E-state index in [1.165, 1.54) is 0 Å². The van der Waals surface area contributed by atoms with Gasteiger partial charge in [0, 0.05) is 19.6 Å². The summed E-state index contributed by atoms with van der Waals surface area (Å²) in [7, 11) is 0. The van der Waals surface area contributed by atoms with Crippen LogP contribution in [0.1, 0.15) is 19.0 Å². The smallest absolute Gasteiger partial charge is 0.140 e. The molecule has 2 heterocycles. The Kier molecular flexibility index (Phi) is 3.09. The van der Waals surface area contributed by atoms with Gasteiger partial charge in [-0.25, -0.2) is 10.8 Å². The largest absolute Gasteiger partial charge is 0.389 e. The lowest BCUT2D eigenvalue weighted by atomic mass is 10.1. The number of aliphatic hydroxyl groups is 1. The zero-order valence-electron chi connectivity index (χ0n) is 9.48. The normalized spacial score (nSPS) is 25.9. The topological polar surface area (TPSA) is 74.4 Å². The van der Waals surface area contributed by atoms with E-state index in [4.69, 9.17) is 5.84 Å². The summed E-state index contributed by atoms with van der Waals surface area (Å²) in [5, 5.41) is 9.85. The van der Waals surface area contributed by atoms with Gasteiger partial charge in [0.2, 0.25) is 0 Å². The molecular weight excluding hydrogens is 204 g/mol. The Labute approximate surface area is 95.2 Å². The zero-order chi connectivity index (χ0) is 11.6. The summed E-state index contributed by atoms with van der Waals surface area (Å²) in [4.78, 5) is 6.54. The molecule has 16 heavy (non-hydrogen) atoms. The van der Waals surface area contributed by atoms with Gasteiger partial charge in [0.1, 0.15) is 5.82 Å². The van der Waals surface area contributed by atoms with Crippen molar-refractivity contribution in [2.24, 2.45) is 5.84 Å². The summed E-state index contributed by atoms with van der Waals surface area (Å²) in [6.07, 6.45) is 0.821. The molecule has 0 spiro atoms. The van der Waals surface area contributed by atoms with Gasteiger partial charge in [-0.05, 0) is 25.5 Å². The molecule has 2 rings (SSSR count). The van der Waals surface area contributed by atoms with Crippen molar-refractivity contribution in [3.8, 4) is 0 Å². The minimum Gasteiger partial charge on any atom is -0.389 e. The van der Waals surface area contributed by atoms with E-state index in [2.05, 4.69) is 15.3 Å². The van der Waals surface area contributed by atoms with Crippen LogP contribution in [0.5, 0.6) is 0 Å². The van der Waals surface area contributed by atoms with Crippen molar-refractivity contribution in [2.75, 3.05) is 18.5 Å². The second kappa shape index (κ2) is 4.37. The van der Waals surface area contributed by atoms with Crippen LogP contribution in [0.15, 0.2) is 18.2 Å². The van der Waals surface area contributed by atoms with Gasteiger partial charge in [-0.2, -0.15) is 0 Å². The second-order valence-electron chi connectivity index (χ2n) is 4.62. The number of nitrogens with one attached hydrogen (secondary N) is 1. The number of hydrogen-bond donors (Lipinski definition) is 3. The van der Waals surface area contributed by atoms with Crippen LogP contribution in [-0.4, -0.2) is 33.7 Å². The van der Waals surface area contributed by atoms with E-state index < -0.39 is 5.60 Å². The monoisotopic (exact) mass is 222 g/mol. The van der Waals surface area contributed by atoms with E-state index in [-0.39, 0.29) is 0 Å². The van der Waals surface area contributed by atoms with Crippen molar-refractivity contribution in [3.05, 3.63) is 23.9 Å². The molecule has 0 amide bonds. The summed E-state index contributed by atoms with van der Waals surface area (Å²) in [5.41, 5.74) is 2.94. The number of nitrogens with zero attached hydrogens (tertiary/aromatic N) is 2. The fourth-order valence-corrected chi connectivity index (χ4v) is 2.05. The first-order valence-corrected chi connectivity index (χ1v) is 5.46. The Morgan fingerprint density at radius 2 is 2.44 bits per heavy atom. The first kappa shape index (κ1) is 11.3. The summed E-state index contributed by atoms with van der Waals surface area (Å²) in [6, 6.07) is 5.71. The van der Waals surface area contributed by atoms with Crippen molar-refractivity contribution in [1.82, 2.24) is 9.88 Å². The van der Waals surface area contributed by atoms with Gasteiger partial charge in [-0.15, -0.1) is 0 Å². The minimum absolute atomic E-state index is 0.552. The molecule has 1 aliphatic heterocycles. The van der Waals surface area contributed by atoms with Crippen molar-refractivity contribution < 1.29 is 5.11 Å². The Morgan fingerprint density at radius 3 is 3.06 bits per heavy atom. The highest BCUT2D eigenvalue weighted by Gasteiger charge is 2.31. The van der Waals surface area contributed by atoms with Crippen LogP contribution in [-0.2, 0) is 6.54 Å². The van der Waals surface area contributed by atoms with E-state index in [1.54, 1.807) is 0 Å². The summed E-state index contributed by atoms with van der Waals surface area (Å²) in [5.74, 6) is 5.97. The number of likely N-dealkylation sites (tertiary alicyclic amines) is 1. The molecule has 4 N–H and O–H groups in total. The highest BCUT2D eigenvalue weighted by Crippen LogP contribution is 2.21. The van der Waals surface area contributed by atoms with E-state index in [9.17, 15) is 5.11 Å². The van der Waals surface area contributed by atoms with Gasteiger partial charge in [0.25, 0.3) is 0 Å². The number of nitrogens with two attached hydrogens (primary N) is 1. The van der Waals surface area contributed by atoms with Gasteiger partial charge in [0.15, 0.2) is 0 Å². The first-order valence-electron chi connectivity index (χ1n) is 5.46. The molecule has 0 saturated carbocycles. The van der Waals surface area contributed by atoms with Gasteiger partial charge >= 0.3 is 0 Å². The zero-order valence-corrected chi connectivity index (χ0v) is 9.48. The Balaban J connectivity index is 1.99. The lowest BCUT2D eigenvalue weighted by molar-refractivity contribution is 0.0677. The third kappa shape index (κ3) is 2.69. The Morgan fingerprint density at radius 1 is 1.62 bits per heavy atom. The Hall–Kier alpha value is -1.17. The van der Waals surface area contributed by atoms with Crippen LogP contribution in [0.4, 0.5) is 5.82 Å². The standard InChI is InChI=1S/C11H18N4O/c1-11(16)5-6-15(8-11)7-9-3-2-4-10(13-9)14-12/h2-4,16H,5-8,12H2,1H3,(H,13,14). The van der Waals surface area contributed by atoms with Gasteiger partial charge in [0.05, 0.1) is 11.3 Å². The molecule has 1 fully saturated rings. The number of pyridine rings is 1. The maximum absolute atomic E-state index is 9.85. The van der Waals surface area contributed by atoms with Crippen molar-refractivity contribution >= 4 is 5.82 Å². The quantitative estimate of drug-likeness (QED) is 0.507. The highest BCUT2D eigenvalue weighted by molar-refractivity contribution is 5.33. The van der Waals surface area contributed by atoms with Gasteiger partial charge < -0.3 is 10.5 Å². The summed E-state index contributed by atoms with van der Waals surface area (Å²) >= 11 is 0. The summed E-state index contributed by atoms with van der Waals surface area (Å²) in [6.45, 7) is 4.24. The predicted molar refractivity (Wildman–Crippen MR) is 62.6 cm³/mol. The first-order chi connectivity index (χ1) is 7.59. The second-order valence-corrected chi connectivity index (χ2v) is 4.62. The molecule has 5 heteroatoms. The van der Waals surface area contributed by atoms with Gasteiger partial charge in [-0.1, -0.05) is 6.07 Å². The van der Waals surface area contributed by atoms with Crippen LogP contribution < -0.4 is 11.3 Å². The molecular formula is C11H18N4O. The average molecular weight is 222 g/mol. The van der Waals surface area contributed by atoms with Crippen LogP contribution in [0, 0.1) is 0 Å². The molecule has 1 aliphatic rings. The molecule has 1 unspecified atom stereocenters. The molecule has 0 radical (unpaired) electrons. The molecule has 0 bridgehead atoms. The van der Waals surface area contributed by atoms with Crippen molar-refractivity contribution in [3.63, 3.8) is 0 Å². The van der Waals surface area contributed by atoms with Crippen LogP contribution in [0.3, 0.4) is 0 Å². The molecule has 5 nitrogen and oxygen atoms in total. The number of hydrogen-bond acceptors (Lipinski definition) is 5. The van der Waals surface area contributed by atoms with Crippen molar-refractivity contribution in [2.45, 2.75) is 25.5 Å². The van der Waals surface area contributed by atoms with E-state index in [0.717, 1.165) is 25.2 Å². The van der Waals surface area contributed by atoms with E-state index in [0.29, 0.717) is 12.4 Å². The van der Waals surface area contributed by atoms with Crippen LogP contribution >= 0.6 is 0 Å². The molecule has 1 saturated heterocycles. The number of rotatable bonds is 3. The van der Waals surface area contributed by atoms with Gasteiger partial charge in [-0.3, -0.25) is 4.90 Å². The molecule has 1 atom stereocenters. The fourth-order valence-electron chi connectivity index (χ4n) is 2.05. The SMILES string of the molecule is CC1(O)CCN(Cc2cccc(NN)n2)C1. The molecule has 1 aromatic heterocycles.